The first-order valence-electron chi connectivity index (χ1n) is 9.28. The Balaban J connectivity index is 1.77. The van der Waals surface area contributed by atoms with Crippen molar-refractivity contribution in [3.63, 3.8) is 0 Å². The second-order valence-corrected chi connectivity index (χ2v) is 6.72. The summed E-state index contributed by atoms with van der Waals surface area (Å²) in [4.78, 5) is 4.86. The van der Waals surface area contributed by atoms with E-state index in [1.807, 2.05) is 54.7 Å². The Morgan fingerprint density at radius 2 is 2.00 bits per heavy atom. The van der Waals surface area contributed by atoms with Gasteiger partial charge in [-0.2, -0.15) is 0 Å². The minimum Gasteiger partial charge on any atom is -0.488 e. The fourth-order valence-electron chi connectivity index (χ4n) is 3.36. The number of nitrogens with zero attached hydrogens (tertiary/aromatic N) is 4. The number of hydrogen-bond acceptors (Lipinski definition) is 5. The van der Waals surface area contributed by atoms with Crippen LogP contribution >= 0.6 is 0 Å². The van der Waals surface area contributed by atoms with Crippen LogP contribution in [0.15, 0.2) is 54.7 Å². The molecule has 4 rings (SSSR count). The van der Waals surface area contributed by atoms with Gasteiger partial charge in [0.15, 0.2) is 0 Å². The molecule has 0 bridgehead atoms. The maximum Gasteiger partial charge on any atom is 0.145 e. The van der Waals surface area contributed by atoms with Gasteiger partial charge in [-0.1, -0.05) is 36.4 Å². The van der Waals surface area contributed by atoms with E-state index in [1.54, 1.807) is 4.52 Å². The van der Waals surface area contributed by atoms with Crippen LogP contribution in [0.3, 0.4) is 0 Å². The van der Waals surface area contributed by atoms with Crippen LogP contribution in [0.25, 0.3) is 27.8 Å². The van der Waals surface area contributed by atoms with Crippen LogP contribution in [0.5, 0.6) is 5.75 Å². The molecular formula is C21H23N5O. The van der Waals surface area contributed by atoms with Gasteiger partial charge in [-0.15, -0.1) is 5.10 Å². The first kappa shape index (κ1) is 17.4. The van der Waals surface area contributed by atoms with E-state index in [2.05, 4.69) is 24.2 Å². The van der Waals surface area contributed by atoms with Crippen LogP contribution in [0, 0.1) is 5.92 Å². The highest BCUT2D eigenvalue weighted by Crippen LogP contribution is 2.29. The van der Waals surface area contributed by atoms with Crippen molar-refractivity contribution in [1.82, 2.24) is 19.8 Å². The van der Waals surface area contributed by atoms with Crippen molar-refractivity contribution in [2.75, 3.05) is 6.54 Å². The maximum absolute atomic E-state index is 6.25. The molecule has 0 aliphatic rings. The Kier molecular flexibility index (Phi) is 4.73. The lowest BCUT2D eigenvalue weighted by molar-refractivity contribution is 0.154. The van der Waals surface area contributed by atoms with Crippen molar-refractivity contribution in [3.05, 3.63) is 54.7 Å². The van der Waals surface area contributed by atoms with Crippen LogP contribution in [-0.4, -0.2) is 32.5 Å². The summed E-state index contributed by atoms with van der Waals surface area (Å²) < 4.78 is 8.00. The molecule has 1 aromatic carbocycles. The summed E-state index contributed by atoms with van der Waals surface area (Å²) in [5, 5.41) is 9.51. The number of benzene rings is 1. The first-order valence-corrected chi connectivity index (χ1v) is 9.28. The average Bonchev–Trinajstić information content (AvgIpc) is 3.13. The normalized spacial score (nSPS) is 13.7. The van der Waals surface area contributed by atoms with Crippen LogP contribution < -0.4 is 10.5 Å². The molecule has 0 radical (unpaired) electrons. The molecule has 0 aliphatic heterocycles. The van der Waals surface area contributed by atoms with Gasteiger partial charge < -0.3 is 10.5 Å². The quantitative estimate of drug-likeness (QED) is 0.566. The van der Waals surface area contributed by atoms with E-state index in [0.29, 0.717) is 12.5 Å². The molecule has 0 spiro atoms. The molecule has 27 heavy (non-hydrogen) atoms. The van der Waals surface area contributed by atoms with Crippen LogP contribution in [0.4, 0.5) is 0 Å². The molecule has 3 heterocycles. The Morgan fingerprint density at radius 3 is 2.81 bits per heavy atom. The third-order valence-electron chi connectivity index (χ3n) is 5.05. The van der Waals surface area contributed by atoms with Crippen molar-refractivity contribution >= 4 is 16.4 Å². The highest BCUT2D eigenvalue weighted by molar-refractivity contribution is 5.88. The topological polar surface area (TPSA) is 78.3 Å². The Morgan fingerprint density at radius 1 is 1.11 bits per heavy atom. The molecule has 6 nitrogen and oxygen atoms in total. The van der Waals surface area contributed by atoms with E-state index in [-0.39, 0.29) is 6.10 Å². The van der Waals surface area contributed by atoms with Gasteiger partial charge in [0.25, 0.3) is 0 Å². The molecule has 1 unspecified atom stereocenters. The lowest BCUT2D eigenvalue weighted by Gasteiger charge is -2.23. The molecule has 3 aromatic heterocycles. The molecule has 2 N–H and O–H groups in total. The number of nitrogens with two attached hydrogens (primary N) is 1. The number of aromatic nitrogens is 4. The standard InChI is InChI=1S/C21H23N5O/c1-3-15(13-22)14(2)27-19-9-6-7-16-10-11-17(23-20(16)19)21-18-8-4-5-12-26(18)25-24-21/h4-12,14-15H,3,13,22H2,1-2H3/t14?,15-/m1/s1. The highest BCUT2D eigenvalue weighted by atomic mass is 16.5. The van der Waals surface area contributed by atoms with Crippen LogP contribution in [-0.2, 0) is 0 Å². The lowest BCUT2D eigenvalue weighted by atomic mass is 10.0. The summed E-state index contributed by atoms with van der Waals surface area (Å²) in [6.45, 7) is 4.80. The molecular weight excluding hydrogens is 338 g/mol. The van der Waals surface area contributed by atoms with E-state index in [4.69, 9.17) is 15.5 Å². The van der Waals surface area contributed by atoms with E-state index in [9.17, 15) is 0 Å². The zero-order chi connectivity index (χ0) is 18.8. The average molecular weight is 361 g/mol. The number of hydrogen-bond donors (Lipinski definition) is 1. The molecule has 2 atom stereocenters. The summed E-state index contributed by atoms with van der Waals surface area (Å²) in [6, 6.07) is 15.9. The van der Waals surface area contributed by atoms with Gasteiger partial charge >= 0.3 is 0 Å². The van der Waals surface area contributed by atoms with Gasteiger partial charge in [-0.05, 0) is 44.2 Å². The molecule has 0 aliphatic carbocycles. The highest BCUT2D eigenvalue weighted by Gasteiger charge is 2.18. The molecule has 138 valence electrons. The van der Waals surface area contributed by atoms with Gasteiger partial charge in [0, 0.05) is 17.5 Å². The Bertz CT molecular complexity index is 1070. The maximum atomic E-state index is 6.25. The summed E-state index contributed by atoms with van der Waals surface area (Å²) in [6.07, 6.45) is 2.87. The minimum atomic E-state index is 0.0196. The zero-order valence-electron chi connectivity index (χ0n) is 15.5. The number of para-hydroxylation sites is 1. The zero-order valence-corrected chi connectivity index (χ0v) is 15.5. The molecule has 0 amide bonds. The number of pyridine rings is 2. The van der Waals surface area contributed by atoms with Gasteiger partial charge in [0.2, 0.25) is 0 Å². The first-order chi connectivity index (χ1) is 13.2. The SMILES string of the molecule is CC[C@H](CN)C(C)Oc1cccc2ccc(-c3nnn4ccccc34)nc12. The summed E-state index contributed by atoms with van der Waals surface area (Å²) in [7, 11) is 0. The number of fused-ring (bicyclic) bond motifs is 2. The van der Waals surface area contributed by atoms with Gasteiger partial charge in [0.1, 0.15) is 23.1 Å². The predicted octanol–water partition coefficient (Wildman–Crippen LogP) is 3.70. The fraction of sp³-hybridized carbons (Fsp3) is 0.286. The van der Waals surface area contributed by atoms with Crippen LogP contribution in [0.1, 0.15) is 20.3 Å². The minimum absolute atomic E-state index is 0.0196. The van der Waals surface area contributed by atoms with Crippen molar-refractivity contribution in [2.45, 2.75) is 26.4 Å². The second kappa shape index (κ2) is 7.32. The summed E-state index contributed by atoms with van der Waals surface area (Å²) in [5.74, 6) is 1.08. The third kappa shape index (κ3) is 3.24. The molecule has 0 saturated carbocycles. The smallest absolute Gasteiger partial charge is 0.145 e. The van der Waals surface area contributed by atoms with E-state index in [1.165, 1.54) is 0 Å². The Labute approximate surface area is 158 Å². The van der Waals surface area contributed by atoms with Crippen molar-refractivity contribution in [2.24, 2.45) is 11.7 Å². The summed E-state index contributed by atoms with van der Waals surface area (Å²) in [5.41, 5.74) is 9.16. The monoisotopic (exact) mass is 361 g/mol. The van der Waals surface area contributed by atoms with Gasteiger partial charge in [-0.25, -0.2) is 9.50 Å². The molecule has 0 fully saturated rings. The molecule has 4 aromatic rings. The summed E-state index contributed by atoms with van der Waals surface area (Å²) >= 11 is 0. The van der Waals surface area contributed by atoms with Crippen LogP contribution in [0.2, 0.25) is 0 Å². The van der Waals surface area contributed by atoms with E-state index in [0.717, 1.165) is 40.0 Å². The molecule has 6 heteroatoms. The lowest BCUT2D eigenvalue weighted by Crippen LogP contribution is -2.29. The predicted molar refractivity (Wildman–Crippen MR) is 107 cm³/mol. The largest absolute Gasteiger partial charge is 0.488 e. The fourth-order valence-corrected chi connectivity index (χ4v) is 3.36. The van der Waals surface area contributed by atoms with Gasteiger partial charge in [0.05, 0.1) is 11.2 Å². The van der Waals surface area contributed by atoms with E-state index < -0.39 is 0 Å². The second-order valence-electron chi connectivity index (χ2n) is 6.72. The van der Waals surface area contributed by atoms with Crippen molar-refractivity contribution in [3.8, 4) is 17.1 Å². The van der Waals surface area contributed by atoms with Crippen molar-refractivity contribution in [1.29, 1.82) is 0 Å². The van der Waals surface area contributed by atoms with E-state index >= 15 is 0 Å². The van der Waals surface area contributed by atoms with Gasteiger partial charge in [-0.3, -0.25) is 0 Å². The third-order valence-corrected chi connectivity index (χ3v) is 5.05. The number of rotatable bonds is 6. The number of ether oxygens (including phenoxy) is 1. The Hall–Kier alpha value is -2.99. The molecule has 0 saturated heterocycles. The van der Waals surface area contributed by atoms with Crippen molar-refractivity contribution < 1.29 is 4.74 Å².